The highest BCUT2D eigenvalue weighted by Gasteiger charge is 2.39. The molecule has 1 saturated carbocycles. The second kappa shape index (κ2) is 5.00. The van der Waals surface area contributed by atoms with Gasteiger partial charge in [-0.1, -0.05) is 12.1 Å². The summed E-state index contributed by atoms with van der Waals surface area (Å²) in [6.45, 7) is 0. The number of halogens is 1. The van der Waals surface area contributed by atoms with Crippen molar-refractivity contribution >= 4 is 43.1 Å². The maximum atomic E-state index is 12.5. The van der Waals surface area contributed by atoms with E-state index in [4.69, 9.17) is 4.74 Å². The number of thiophene rings is 1. The van der Waals surface area contributed by atoms with Crippen LogP contribution < -0.4 is 0 Å². The molecule has 1 aromatic carbocycles. The number of carbonyl (C=O) groups excluding carboxylic acids is 1. The van der Waals surface area contributed by atoms with E-state index < -0.39 is 0 Å². The normalized spacial score (nSPS) is 17.4. The number of ketones is 1. The molecule has 1 fully saturated rings. The lowest BCUT2D eigenvalue weighted by Gasteiger charge is -2.40. The summed E-state index contributed by atoms with van der Waals surface area (Å²) in [4.78, 5) is 12.5. The molecule has 1 aliphatic rings. The number of carbonyl (C=O) groups is 1. The molecule has 0 atom stereocenters. The van der Waals surface area contributed by atoms with Gasteiger partial charge in [-0.05, 0) is 41.3 Å². The first kappa shape index (κ1) is 13.3. The van der Waals surface area contributed by atoms with Gasteiger partial charge in [0.2, 0.25) is 0 Å². The molecule has 0 bridgehead atoms. The predicted molar refractivity (Wildman–Crippen MR) is 82.1 cm³/mol. The minimum atomic E-state index is -0.197. The Morgan fingerprint density at radius 2 is 2.26 bits per heavy atom. The van der Waals surface area contributed by atoms with Gasteiger partial charge in [0.25, 0.3) is 0 Å². The molecule has 0 radical (unpaired) electrons. The molecular weight excluding hydrogens is 324 g/mol. The first-order chi connectivity index (χ1) is 9.15. The maximum absolute atomic E-state index is 12.5. The minimum Gasteiger partial charge on any atom is -0.378 e. The number of hydrogen-bond acceptors (Lipinski definition) is 3. The Morgan fingerprint density at radius 3 is 2.89 bits per heavy atom. The zero-order valence-electron chi connectivity index (χ0n) is 10.7. The molecule has 3 rings (SSSR count). The molecule has 1 aromatic heterocycles. The zero-order valence-corrected chi connectivity index (χ0v) is 13.1. The third-order valence-corrected chi connectivity index (χ3v) is 5.99. The van der Waals surface area contributed by atoms with E-state index in [9.17, 15) is 4.79 Å². The monoisotopic (exact) mass is 338 g/mol. The van der Waals surface area contributed by atoms with E-state index >= 15 is 0 Å². The van der Waals surface area contributed by atoms with Gasteiger partial charge >= 0.3 is 0 Å². The fraction of sp³-hybridized carbons (Fsp3) is 0.400. The van der Waals surface area contributed by atoms with Crippen LogP contribution in [-0.2, 0) is 4.74 Å². The lowest BCUT2D eigenvalue weighted by molar-refractivity contribution is -0.0704. The number of methoxy groups -OCH3 is 1. The van der Waals surface area contributed by atoms with Crippen LogP contribution in [0.25, 0.3) is 10.1 Å². The number of ether oxygens (including phenoxy) is 1. The number of Topliss-reactive ketones (excluding diaryl/α,β-unsaturated/α-hetero) is 1. The van der Waals surface area contributed by atoms with Crippen LogP contribution in [-0.4, -0.2) is 18.5 Å². The minimum absolute atomic E-state index is 0.197. The van der Waals surface area contributed by atoms with E-state index in [0.717, 1.165) is 39.4 Å². The summed E-state index contributed by atoms with van der Waals surface area (Å²) in [5.74, 6) is 0.200. The SMILES string of the molecule is COC1(CC(=O)c2csc3c(Br)cccc23)CCC1. The van der Waals surface area contributed by atoms with Crippen LogP contribution in [0.1, 0.15) is 36.0 Å². The highest BCUT2D eigenvalue weighted by Crippen LogP contribution is 2.40. The van der Waals surface area contributed by atoms with Gasteiger partial charge < -0.3 is 4.74 Å². The standard InChI is InChI=1S/C15H15BrO2S/c1-18-15(6-3-7-15)8-13(17)11-9-19-14-10(11)4-2-5-12(14)16/h2,4-5,9H,3,6-8H2,1H3. The van der Waals surface area contributed by atoms with Crippen LogP contribution in [0.2, 0.25) is 0 Å². The maximum Gasteiger partial charge on any atom is 0.167 e. The van der Waals surface area contributed by atoms with Crippen molar-refractivity contribution < 1.29 is 9.53 Å². The summed E-state index contributed by atoms with van der Waals surface area (Å²) in [6, 6.07) is 6.01. The van der Waals surface area contributed by atoms with Crippen LogP contribution in [0.15, 0.2) is 28.1 Å². The van der Waals surface area contributed by atoms with Gasteiger partial charge in [-0.25, -0.2) is 0 Å². The van der Waals surface area contributed by atoms with Crippen molar-refractivity contribution in [3.63, 3.8) is 0 Å². The first-order valence-corrected chi connectivity index (χ1v) is 8.06. The molecule has 100 valence electrons. The Morgan fingerprint density at radius 1 is 1.47 bits per heavy atom. The molecule has 0 unspecified atom stereocenters. The Bertz CT molecular complexity index is 623. The summed E-state index contributed by atoms with van der Waals surface area (Å²) in [6.07, 6.45) is 3.67. The van der Waals surface area contributed by atoms with Crippen LogP contribution in [0, 0.1) is 0 Å². The molecule has 2 aromatic rings. The topological polar surface area (TPSA) is 26.3 Å². The summed E-state index contributed by atoms with van der Waals surface area (Å²) in [7, 11) is 1.72. The Kier molecular flexibility index (Phi) is 3.50. The van der Waals surface area contributed by atoms with E-state index in [1.165, 1.54) is 0 Å². The molecule has 1 heterocycles. The Labute approximate surface area is 124 Å². The fourth-order valence-electron chi connectivity index (χ4n) is 2.65. The van der Waals surface area contributed by atoms with E-state index in [1.54, 1.807) is 18.4 Å². The third kappa shape index (κ3) is 2.26. The van der Waals surface area contributed by atoms with Crippen LogP contribution in [0.3, 0.4) is 0 Å². The average molecular weight is 339 g/mol. The first-order valence-electron chi connectivity index (χ1n) is 6.39. The number of rotatable bonds is 4. The van der Waals surface area contributed by atoms with Gasteiger partial charge in [0.05, 0.1) is 5.60 Å². The van der Waals surface area contributed by atoms with E-state index in [0.29, 0.717) is 6.42 Å². The summed E-state index contributed by atoms with van der Waals surface area (Å²) in [5.41, 5.74) is 0.641. The van der Waals surface area contributed by atoms with Crippen molar-refractivity contribution in [2.75, 3.05) is 7.11 Å². The molecule has 0 spiro atoms. The molecule has 0 saturated heterocycles. The molecule has 0 amide bonds. The Balaban J connectivity index is 1.92. The van der Waals surface area contributed by atoms with Gasteiger partial charge in [0.1, 0.15) is 0 Å². The van der Waals surface area contributed by atoms with Crippen molar-refractivity contribution in [3.8, 4) is 0 Å². The lowest BCUT2D eigenvalue weighted by Crippen LogP contribution is -2.41. The Hall–Kier alpha value is -0.710. The second-order valence-corrected chi connectivity index (χ2v) is 6.84. The lowest BCUT2D eigenvalue weighted by atomic mass is 9.76. The largest absolute Gasteiger partial charge is 0.378 e. The molecule has 4 heteroatoms. The van der Waals surface area contributed by atoms with Crippen LogP contribution in [0.4, 0.5) is 0 Å². The molecule has 1 aliphatic carbocycles. The van der Waals surface area contributed by atoms with Gasteiger partial charge in [0.15, 0.2) is 5.78 Å². The van der Waals surface area contributed by atoms with Crippen molar-refractivity contribution in [1.82, 2.24) is 0 Å². The molecule has 0 N–H and O–H groups in total. The van der Waals surface area contributed by atoms with E-state index in [2.05, 4.69) is 15.9 Å². The summed E-state index contributed by atoms with van der Waals surface area (Å²) >= 11 is 5.15. The van der Waals surface area contributed by atoms with Crippen molar-refractivity contribution in [1.29, 1.82) is 0 Å². The molecule has 2 nitrogen and oxygen atoms in total. The molecule has 19 heavy (non-hydrogen) atoms. The zero-order chi connectivity index (χ0) is 13.5. The van der Waals surface area contributed by atoms with Gasteiger partial charge in [-0.2, -0.15) is 0 Å². The second-order valence-electron chi connectivity index (χ2n) is 5.11. The highest BCUT2D eigenvalue weighted by atomic mass is 79.9. The van der Waals surface area contributed by atoms with Gasteiger partial charge in [-0.15, -0.1) is 11.3 Å². The van der Waals surface area contributed by atoms with Crippen molar-refractivity contribution in [2.45, 2.75) is 31.3 Å². The predicted octanol–water partition coefficient (Wildman–Crippen LogP) is 4.81. The molecular formula is C15H15BrO2S. The van der Waals surface area contributed by atoms with Gasteiger partial charge in [0, 0.05) is 39.0 Å². The van der Waals surface area contributed by atoms with Gasteiger partial charge in [-0.3, -0.25) is 4.79 Å². The van der Waals surface area contributed by atoms with Crippen molar-refractivity contribution in [2.24, 2.45) is 0 Å². The highest BCUT2D eigenvalue weighted by molar-refractivity contribution is 9.10. The number of hydrogen-bond donors (Lipinski definition) is 0. The molecule has 0 aliphatic heterocycles. The van der Waals surface area contributed by atoms with E-state index in [-0.39, 0.29) is 11.4 Å². The summed E-state index contributed by atoms with van der Waals surface area (Å²) in [5, 5.41) is 3.02. The smallest absolute Gasteiger partial charge is 0.167 e. The van der Waals surface area contributed by atoms with Crippen LogP contribution in [0.5, 0.6) is 0 Å². The van der Waals surface area contributed by atoms with Crippen LogP contribution >= 0.6 is 27.3 Å². The van der Waals surface area contributed by atoms with Crippen molar-refractivity contribution in [3.05, 3.63) is 33.6 Å². The third-order valence-electron chi connectivity index (χ3n) is 4.03. The average Bonchev–Trinajstić information content (AvgIpc) is 2.79. The fourth-order valence-corrected chi connectivity index (χ4v) is 4.28. The van der Waals surface area contributed by atoms with E-state index in [1.807, 2.05) is 23.6 Å². The number of fused-ring (bicyclic) bond motifs is 1. The number of benzene rings is 1. The summed E-state index contributed by atoms with van der Waals surface area (Å²) < 4.78 is 7.75. The quantitative estimate of drug-likeness (QED) is 0.748.